The van der Waals surface area contributed by atoms with Gasteiger partial charge < -0.3 is 10.1 Å². The highest BCUT2D eigenvalue weighted by Crippen LogP contribution is 2.22. The van der Waals surface area contributed by atoms with Gasteiger partial charge in [-0.15, -0.1) is 0 Å². The van der Waals surface area contributed by atoms with E-state index in [2.05, 4.69) is 20.5 Å². The molecule has 0 aliphatic carbocycles. The summed E-state index contributed by atoms with van der Waals surface area (Å²) in [6, 6.07) is 9.88. The van der Waals surface area contributed by atoms with Crippen molar-refractivity contribution in [2.45, 2.75) is 27.3 Å². The van der Waals surface area contributed by atoms with Crippen molar-refractivity contribution in [2.75, 3.05) is 12.4 Å². The van der Waals surface area contributed by atoms with E-state index in [9.17, 15) is 0 Å². The monoisotopic (exact) mass is 298 g/mol. The third kappa shape index (κ3) is 3.36. The van der Waals surface area contributed by atoms with Crippen LogP contribution >= 0.6 is 0 Å². The second-order valence-electron chi connectivity index (χ2n) is 4.60. The molecular weight excluding hydrogens is 276 g/mol. The highest BCUT2D eigenvalue weighted by molar-refractivity contribution is 5.91. The van der Waals surface area contributed by atoms with E-state index in [0.717, 1.165) is 28.2 Å². The number of H-pyrrole nitrogens is 1. The maximum atomic E-state index is 5.15. The first-order valence-corrected chi connectivity index (χ1v) is 7.44. The van der Waals surface area contributed by atoms with Crippen LogP contribution in [0.4, 0.5) is 5.82 Å². The van der Waals surface area contributed by atoms with Crippen molar-refractivity contribution < 1.29 is 4.74 Å². The average Bonchev–Trinajstić information content (AvgIpc) is 2.97. The van der Waals surface area contributed by atoms with Crippen LogP contribution in [0.3, 0.4) is 0 Å². The average molecular weight is 298 g/mol. The minimum Gasteiger partial charge on any atom is -0.497 e. The number of pyridine rings is 1. The molecule has 2 N–H and O–H groups in total. The maximum absolute atomic E-state index is 5.15. The van der Waals surface area contributed by atoms with Gasteiger partial charge in [0.05, 0.1) is 18.0 Å². The van der Waals surface area contributed by atoms with Crippen LogP contribution in [0.5, 0.6) is 5.75 Å². The molecule has 0 saturated carbocycles. The lowest BCUT2D eigenvalue weighted by atomic mass is 10.2. The number of aromatic amines is 1. The fourth-order valence-electron chi connectivity index (χ4n) is 2.18. The van der Waals surface area contributed by atoms with E-state index >= 15 is 0 Å². The second kappa shape index (κ2) is 7.45. The lowest BCUT2D eigenvalue weighted by molar-refractivity contribution is 0.414. The predicted molar refractivity (Wildman–Crippen MR) is 90.3 cm³/mol. The molecule has 5 heteroatoms. The van der Waals surface area contributed by atoms with Crippen molar-refractivity contribution in [3.63, 3.8) is 0 Å². The molecule has 0 aliphatic rings. The van der Waals surface area contributed by atoms with Gasteiger partial charge in [0.25, 0.3) is 0 Å². The highest BCUT2D eigenvalue weighted by atomic mass is 16.5. The Kier molecular flexibility index (Phi) is 5.36. The van der Waals surface area contributed by atoms with Crippen LogP contribution in [0.1, 0.15) is 25.1 Å². The number of aryl methyl sites for hydroxylation is 1. The Morgan fingerprint density at radius 2 is 1.86 bits per heavy atom. The minimum absolute atomic E-state index is 0.709. The molecule has 2 aromatic heterocycles. The molecule has 0 amide bonds. The molecule has 0 unspecified atom stereocenters. The van der Waals surface area contributed by atoms with Gasteiger partial charge in [-0.05, 0) is 30.7 Å². The lowest BCUT2D eigenvalue weighted by Crippen LogP contribution is -2.01. The molecule has 0 aliphatic heterocycles. The van der Waals surface area contributed by atoms with E-state index in [-0.39, 0.29) is 0 Å². The van der Waals surface area contributed by atoms with Crippen molar-refractivity contribution >= 4 is 16.7 Å². The zero-order valence-electron chi connectivity index (χ0n) is 13.5. The quantitative estimate of drug-likeness (QED) is 0.766. The molecule has 116 valence electrons. The number of hydrogen-bond donors (Lipinski definition) is 2. The van der Waals surface area contributed by atoms with Gasteiger partial charge in [-0.25, -0.2) is 4.98 Å². The van der Waals surface area contributed by atoms with Crippen LogP contribution in [-0.4, -0.2) is 22.3 Å². The number of benzene rings is 1. The number of hydrogen-bond acceptors (Lipinski definition) is 4. The van der Waals surface area contributed by atoms with E-state index in [0.29, 0.717) is 6.54 Å². The van der Waals surface area contributed by atoms with Crippen LogP contribution < -0.4 is 10.1 Å². The summed E-state index contributed by atoms with van der Waals surface area (Å²) >= 11 is 0. The van der Waals surface area contributed by atoms with Gasteiger partial charge in [0.1, 0.15) is 11.6 Å². The summed E-state index contributed by atoms with van der Waals surface area (Å²) in [6.07, 6.45) is 1.76. The Morgan fingerprint density at radius 1 is 1.14 bits per heavy atom. The summed E-state index contributed by atoms with van der Waals surface area (Å²) in [5, 5.41) is 11.6. The molecule has 0 fully saturated rings. The van der Waals surface area contributed by atoms with Crippen LogP contribution in [0, 0.1) is 6.92 Å². The summed E-state index contributed by atoms with van der Waals surface area (Å²) in [7, 11) is 1.67. The first-order chi connectivity index (χ1) is 10.8. The smallest absolute Gasteiger partial charge is 0.137 e. The van der Waals surface area contributed by atoms with E-state index < -0.39 is 0 Å². The van der Waals surface area contributed by atoms with Gasteiger partial charge in [-0.3, -0.25) is 5.10 Å². The van der Waals surface area contributed by atoms with E-state index in [1.807, 2.05) is 51.1 Å². The number of aromatic nitrogens is 3. The Balaban J connectivity index is 0.000000847. The fourth-order valence-corrected chi connectivity index (χ4v) is 2.18. The molecule has 0 spiro atoms. The van der Waals surface area contributed by atoms with Gasteiger partial charge in [-0.1, -0.05) is 26.0 Å². The molecule has 1 aromatic carbocycles. The highest BCUT2D eigenvalue weighted by Gasteiger charge is 2.07. The van der Waals surface area contributed by atoms with Crippen LogP contribution in [0.15, 0.2) is 36.5 Å². The number of fused-ring (bicyclic) bond motifs is 1. The maximum Gasteiger partial charge on any atom is 0.137 e. The van der Waals surface area contributed by atoms with Crippen LogP contribution in [0.25, 0.3) is 10.9 Å². The summed E-state index contributed by atoms with van der Waals surface area (Å²) < 4.78 is 5.15. The normalized spacial score (nSPS) is 10.0. The second-order valence-corrected chi connectivity index (χ2v) is 4.60. The number of rotatable bonds is 4. The zero-order chi connectivity index (χ0) is 15.9. The number of nitrogens with one attached hydrogen (secondary N) is 2. The third-order valence-electron chi connectivity index (χ3n) is 3.27. The predicted octanol–water partition coefficient (Wildman–Crippen LogP) is 3.91. The molecule has 5 nitrogen and oxygen atoms in total. The molecule has 0 radical (unpaired) electrons. The van der Waals surface area contributed by atoms with Crippen molar-refractivity contribution in [1.29, 1.82) is 0 Å². The Hall–Kier alpha value is -2.56. The number of methoxy groups -OCH3 is 1. The van der Waals surface area contributed by atoms with Crippen molar-refractivity contribution in [3.8, 4) is 5.75 Å². The molecule has 2 heterocycles. The first-order valence-electron chi connectivity index (χ1n) is 7.44. The molecule has 0 atom stereocenters. The zero-order valence-corrected chi connectivity index (χ0v) is 13.5. The molecule has 3 rings (SSSR count). The molecule has 22 heavy (non-hydrogen) atoms. The number of nitrogens with zero attached hydrogens (tertiary/aromatic N) is 2. The Bertz CT molecular complexity index is 719. The number of ether oxygens (including phenoxy) is 1. The fraction of sp³-hybridized carbons (Fsp3) is 0.294. The molecular formula is C17H22N4O. The van der Waals surface area contributed by atoms with E-state index in [4.69, 9.17) is 4.74 Å². The van der Waals surface area contributed by atoms with Crippen LogP contribution in [-0.2, 0) is 6.54 Å². The first kappa shape index (κ1) is 15.8. The summed E-state index contributed by atoms with van der Waals surface area (Å²) in [6.45, 7) is 6.70. The van der Waals surface area contributed by atoms with Gasteiger partial charge in [0.15, 0.2) is 0 Å². The molecule has 0 saturated heterocycles. The van der Waals surface area contributed by atoms with E-state index in [1.54, 1.807) is 13.3 Å². The topological polar surface area (TPSA) is 62.8 Å². The van der Waals surface area contributed by atoms with E-state index in [1.165, 1.54) is 5.56 Å². The van der Waals surface area contributed by atoms with Crippen molar-refractivity contribution in [1.82, 2.24) is 15.2 Å². The van der Waals surface area contributed by atoms with Gasteiger partial charge in [-0.2, -0.15) is 5.10 Å². The van der Waals surface area contributed by atoms with Crippen molar-refractivity contribution in [3.05, 3.63) is 47.8 Å². The van der Waals surface area contributed by atoms with Crippen LogP contribution in [0.2, 0.25) is 0 Å². The summed E-state index contributed by atoms with van der Waals surface area (Å²) in [5.41, 5.74) is 3.12. The Labute approximate surface area is 130 Å². The summed E-state index contributed by atoms with van der Waals surface area (Å²) in [5.74, 6) is 1.71. The summed E-state index contributed by atoms with van der Waals surface area (Å²) in [4.78, 5) is 4.39. The molecule has 3 aromatic rings. The largest absolute Gasteiger partial charge is 0.497 e. The van der Waals surface area contributed by atoms with Gasteiger partial charge >= 0.3 is 0 Å². The lowest BCUT2D eigenvalue weighted by Gasteiger charge is -2.08. The SMILES string of the molecule is CC.COc1ccc(CNc2nccc3n[nH]c(C)c23)cc1. The van der Waals surface area contributed by atoms with Gasteiger partial charge in [0.2, 0.25) is 0 Å². The number of anilines is 1. The van der Waals surface area contributed by atoms with Gasteiger partial charge in [0, 0.05) is 18.4 Å². The third-order valence-corrected chi connectivity index (χ3v) is 3.27. The molecule has 0 bridgehead atoms. The standard InChI is InChI=1S/C15H16N4O.C2H6/c1-10-14-13(19-18-10)7-8-16-15(14)17-9-11-3-5-12(20-2)6-4-11;1-2/h3-8H,9H2,1-2H3,(H,16,17)(H,18,19);1-2H3. The van der Waals surface area contributed by atoms with Crippen molar-refractivity contribution in [2.24, 2.45) is 0 Å². The minimum atomic E-state index is 0.709. The Morgan fingerprint density at radius 3 is 2.55 bits per heavy atom.